The molecule has 1 N–H and O–H groups in total. The first-order valence-electron chi connectivity index (χ1n) is 10.5. The number of rotatable bonds is 15. The van der Waals surface area contributed by atoms with Gasteiger partial charge in [-0.1, -0.05) is 33.7 Å². The fourth-order valence-electron chi connectivity index (χ4n) is 2.23. The molecule has 2 heterocycles. The van der Waals surface area contributed by atoms with Crippen molar-refractivity contribution in [1.82, 2.24) is 9.97 Å². The Bertz CT molecular complexity index is 844. The molecule has 0 unspecified atom stereocenters. The molecule has 0 amide bonds. The summed E-state index contributed by atoms with van der Waals surface area (Å²) >= 11 is 0. The quantitative estimate of drug-likeness (QED) is 0.0761. The predicted octanol–water partition coefficient (Wildman–Crippen LogP) is 5.59. The van der Waals surface area contributed by atoms with Crippen LogP contribution in [0.15, 0.2) is 58.8 Å². The van der Waals surface area contributed by atoms with Crippen LogP contribution < -0.4 is 0 Å². The molecule has 0 radical (unpaired) electrons. The Morgan fingerprint density at radius 1 is 0.706 bits per heavy atom. The largest absolute Gasteiger partial charge is 0.412 e. The Kier molecular flexibility index (Phi) is 14.5. The summed E-state index contributed by atoms with van der Waals surface area (Å²) in [6.45, 7) is 0. The molecule has 0 spiro atoms. The number of nitrogens with one attached hydrogen (secondary N) is 1. The molecule has 0 saturated heterocycles. The monoisotopic (exact) mass is 539 g/mol. The molecule has 0 aliphatic rings. The average Bonchev–Trinajstić information content (AvgIpc) is 2.83. The first-order chi connectivity index (χ1) is 16.5. The van der Waals surface area contributed by atoms with Crippen LogP contribution >= 0.6 is 43.2 Å². The van der Waals surface area contributed by atoms with Gasteiger partial charge < -0.3 is 9.47 Å². The summed E-state index contributed by atoms with van der Waals surface area (Å²) in [5, 5.41) is 9.49. The lowest BCUT2D eigenvalue weighted by molar-refractivity contribution is -0.159. The number of carbonyl (C=O) groups excluding carboxylic acids is 3. The zero-order chi connectivity index (χ0) is 24.4. The van der Waals surface area contributed by atoms with Gasteiger partial charge in [0.1, 0.15) is 10.1 Å². The van der Waals surface area contributed by atoms with Crippen molar-refractivity contribution in [2.24, 2.45) is 0 Å². The van der Waals surface area contributed by atoms with E-state index in [4.69, 9.17) is 14.9 Å². The van der Waals surface area contributed by atoms with Gasteiger partial charge >= 0.3 is 17.9 Å². The number of aromatic nitrogens is 2. The average molecular weight is 540 g/mol. The molecular formula is C22H25N3O5S4. The number of nitrogens with zero attached hydrogens (tertiary/aromatic N) is 2. The molecule has 0 atom stereocenters. The molecule has 0 aliphatic heterocycles. The molecule has 0 saturated carbocycles. The van der Waals surface area contributed by atoms with Crippen LogP contribution in [0.3, 0.4) is 0 Å². The van der Waals surface area contributed by atoms with Gasteiger partial charge in [-0.2, -0.15) is 0 Å². The third-order valence-electron chi connectivity index (χ3n) is 3.80. The van der Waals surface area contributed by atoms with Gasteiger partial charge in [-0.05, 0) is 58.7 Å². The fourth-order valence-corrected chi connectivity index (χ4v) is 6.16. The molecule has 2 aromatic heterocycles. The molecular weight excluding hydrogens is 515 g/mol. The van der Waals surface area contributed by atoms with E-state index in [1.54, 1.807) is 34.0 Å². The standard InChI is InChI=1S/C22H25N3O5S4/c23-17(29-20(26)9-5-15-31-33-18-7-1-3-13-24-18)11-12-22(28)30-21(27)10-6-16-32-34-19-8-2-4-14-25-19/h1-4,7-8,13-14,23H,5-6,9-12,15-16H2. The molecule has 0 bridgehead atoms. The minimum atomic E-state index is -0.732. The molecule has 0 aromatic carbocycles. The van der Waals surface area contributed by atoms with Crippen molar-refractivity contribution in [2.45, 2.75) is 48.6 Å². The normalized spacial score (nSPS) is 10.5. The van der Waals surface area contributed by atoms with E-state index < -0.39 is 17.9 Å². The van der Waals surface area contributed by atoms with Crippen molar-refractivity contribution in [3.05, 3.63) is 48.8 Å². The number of hydrogen-bond acceptors (Lipinski definition) is 12. The minimum Gasteiger partial charge on any atom is -0.412 e. The summed E-state index contributed by atoms with van der Waals surface area (Å²) in [5.41, 5.74) is 0. The number of esters is 3. The smallest absolute Gasteiger partial charge is 0.313 e. The van der Waals surface area contributed by atoms with E-state index in [0.29, 0.717) is 18.6 Å². The highest BCUT2D eigenvalue weighted by Gasteiger charge is 2.14. The first-order valence-corrected chi connectivity index (χ1v) is 15.1. The number of ether oxygens (including phenoxy) is 2. The Morgan fingerprint density at radius 3 is 1.71 bits per heavy atom. The van der Waals surface area contributed by atoms with Crippen LogP contribution in [0.4, 0.5) is 0 Å². The predicted molar refractivity (Wildman–Crippen MR) is 138 cm³/mol. The second-order valence-corrected chi connectivity index (χ2v) is 11.5. The highest BCUT2D eigenvalue weighted by Crippen LogP contribution is 2.30. The molecule has 0 fully saturated rings. The van der Waals surface area contributed by atoms with E-state index in [1.165, 1.54) is 21.6 Å². The van der Waals surface area contributed by atoms with Crippen molar-refractivity contribution < 1.29 is 23.9 Å². The Balaban J connectivity index is 1.45. The molecule has 2 rings (SSSR count). The number of hydrogen-bond donors (Lipinski definition) is 1. The zero-order valence-electron chi connectivity index (χ0n) is 18.3. The SMILES string of the molecule is N=C(CCC(=O)OC(=O)CCCSSc1ccccn1)OC(=O)CCCSSc1ccccn1. The highest BCUT2D eigenvalue weighted by atomic mass is 33.1. The van der Waals surface area contributed by atoms with E-state index in [-0.39, 0.29) is 31.6 Å². The van der Waals surface area contributed by atoms with E-state index in [0.717, 1.165) is 15.8 Å². The molecule has 0 aliphatic carbocycles. The summed E-state index contributed by atoms with van der Waals surface area (Å²) in [7, 11) is 6.22. The second-order valence-electron chi connectivity index (χ2n) is 6.60. The lowest BCUT2D eigenvalue weighted by Crippen LogP contribution is -2.16. The van der Waals surface area contributed by atoms with Gasteiger partial charge in [-0.25, -0.2) is 9.97 Å². The van der Waals surface area contributed by atoms with Crippen LogP contribution in [0.25, 0.3) is 0 Å². The van der Waals surface area contributed by atoms with Crippen LogP contribution in [0.1, 0.15) is 38.5 Å². The summed E-state index contributed by atoms with van der Waals surface area (Å²) in [6.07, 6.45) is 4.63. The summed E-state index contributed by atoms with van der Waals surface area (Å²) in [6, 6.07) is 11.3. The van der Waals surface area contributed by atoms with Crippen LogP contribution in [-0.4, -0.2) is 45.3 Å². The Labute approximate surface area is 214 Å². The van der Waals surface area contributed by atoms with Crippen LogP contribution in [0.5, 0.6) is 0 Å². The van der Waals surface area contributed by atoms with Gasteiger partial charge in [0.25, 0.3) is 0 Å². The number of carbonyl (C=O) groups is 3. The van der Waals surface area contributed by atoms with Gasteiger partial charge in [0, 0.05) is 43.2 Å². The van der Waals surface area contributed by atoms with Gasteiger partial charge in [-0.15, -0.1) is 0 Å². The maximum absolute atomic E-state index is 11.8. The maximum atomic E-state index is 11.8. The fraction of sp³-hybridized carbons (Fsp3) is 0.364. The van der Waals surface area contributed by atoms with Crippen molar-refractivity contribution in [2.75, 3.05) is 11.5 Å². The van der Waals surface area contributed by atoms with Crippen molar-refractivity contribution in [3.8, 4) is 0 Å². The summed E-state index contributed by atoms with van der Waals surface area (Å²) in [5.74, 6) is -0.710. The van der Waals surface area contributed by atoms with Crippen molar-refractivity contribution in [1.29, 1.82) is 5.41 Å². The van der Waals surface area contributed by atoms with Crippen molar-refractivity contribution in [3.63, 3.8) is 0 Å². The minimum absolute atomic E-state index is 0.0985. The van der Waals surface area contributed by atoms with Gasteiger partial charge in [-0.3, -0.25) is 19.8 Å². The Hall–Kier alpha value is -2.02. The molecule has 182 valence electrons. The third kappa shape index (κ3) is 13.6. The van der Waals surface area contributed by atoms with E-state index in [2.05, 4.69) is 9.97 Å². The van der Waals surface area contributed by atoms with Crippen molar-refractivity contribution >= 4 is 67.0 Å². The molecule has 8 nitrogen and oxygen atoms in total. The zero-order valence-corrected chi connectivity index (χ0v) is 21.6. The van der Waals surface area contributed by atoms with Crippen LogP contribution in [0, 0.1) is 5.41 Å². The lowest BCUT2D eigenvalue weighted by Gasteiger charge is -2.06. The molecule has 12 heteroatoms. The Morgan fingerprint density at radius 2 is 1.21 bits per heavy atom. The lowest BCUT2D eigenvalue weighted by atomic mass is 10.3. The molecule has 2 aromatic rings. The maximum Gasteiger partial charge on any atom is 0.313 e. The van der Waals surface area contributed by atoms with Gasteiger partial charge in [0.2, 0.25) is 0 Å². The van der Waals surface area contributed by atoms with E-state index in [1.807, 2.05) is 36.4 Å². The van der Waals surface area contributed by atoms with Gasteiger partial charge in [0.15, 0.2) is 5.90 Å². The summed E-state index contributed by atoms with van der Waals surface area (Å²) < 4.78 is 9.66. The second kappa shape index (κ2) is 17.4. The topological polar surface area (TPSA) is 119 Å². The van der Waals surface area contributed by atoms with Crippen LogP contribution in [-0.2, 0) is 23.9 Å². The molecule has 34 heavy (non-hydrogen) atoms. The van der Waals surface area contributed by atoms with E-state index in [9.17, 15) is 14.4 Å². The van der Waals surface area contributed by atoms with E-state index >= 15 is 0 Å². The highest BCUT2D eigenvalue weighted by molar-refractivity contribution is 8.77. The van der Waals surface area contributed by atoms with Crippen LogP contribution in [0.2, 0.25) is 0 Å². The summed E-state index contributed by atoms with van der Waals surface area (Å²) in [4.78, 5) is 43.7. The number of pyridine rings is 2. The third-order valence-corrected chi connectivity index (χ3v) is 8.50. The first kappa shape index (κ1) is 28.2. The van der Waals surface area contributed by atoms with Gasteiger partial charge in [0.05, 0.1) is 6.42 Å².